The lowest BCUT2D eigenvalue weighted by Gasteiger charge is -2.42. The van der Waals surface area contributed by atoms with Gasteiger partial charge in [-0.05, 0) is 24.1 Å². The zero-order chi connectivity index (χ0) is 22.8. The maximum Gasteiger partial charge on any atom is 0.316 e. The number of aliphatic hydroxyl groups is 2. The molecule has 2 aromatic carbocycles. The van der Waals surface area contributed by atoms with Crippen molar-refractivity contribution in [1.29, 1.82) is 0 Å². The van der Waals surface area contributed by atoms with Gasteiger partial charge < -0.3 is 30.3 Å². The van der Waals surface area contributed by atoms with Gasteiger partial charge in [-0.2, -0.15) is 0 Å². The van der Waals surface area contributed by atoms with E-state index in [4.69, 9.17) is 4.74 Å². The van der Waals surface area contributed by atoms with Crippen LogP contribution in [0.2, 0.25) is 0 Å². The molecular weight excluding hydrogens is 408 g/mol. The first-order chi connectivity index (χ1) is 14.6. The molecule has 9 nitrogen and oxygen atoms in total. The monoisotopic (exact) mass is 428 g/mol. The minimum atomic E-state index is -1.71. The van der Waals surface area contributed by atoms with Gasteiger partial charge in [-0.1, -0.05) is 6.92 Å². The first-order valence-corrected chi connectivity index (χ1v) is 9.59. The van der Waals surface area contributed by atoms with E-state index in [1.54, 1.807) is 6.92 Å². The van der Waals surface area contributed by atoms with Gasteiger partial charge in [0.15, 0.2) is 5.78 Å². The van der Waals surface area contributed by atoms with E-state index in [0.29, 0.717) is 0 Å². The number of carbonyl (C=O) groups is 3. The maximum atomic E-state index is 13.1. The Bertz CT molecular complexity index is 1170. The molecule has 9 heteroatoms. The van der Waals surface area contributed by atoms with Crippen LogP contribution < -0.4 is 0 Å². The first-order valence-electron chi connectivity index (χ1n) is 9.59. The molecule has 0 bridgehead atoms. The zero-order valence-corrected chi connectivity index (χ0v) is 16.7. The van der Waals surface area contributed by atoms with E-state index in [0.717, 1.165) is 19.2 Å². The number of phenols is 3. The van der Waals surface area contributed by atoms with E-state index in [2.05, 4.69) is 0 Å². The highest BCUT2D eigenvalue weighted by molar-refractivity contribution is 6.30. The van der Waals surface area contributed by atoms with Crippen LogP contribution in [0.3, 0.4) is 0 Å². The maximum absolute atomic E-state index is 13.1. The summed E-state index contributed by atoms with van der Waals surface area (Å²) in [6.45, 7) is 1.61. The van der Waals surface area contributed by atoms with Crippen LogP contribution in [-0.4, -0.2) is 55.8 Å². The molecule has 2 aliphatic carbocycles. The van der Waals surface area contributed by atoms with Crippen molar-refractivity contribution < 1.29 is 44.7 Å². The van der Waals surface area contributed by atoms with E-state index >= 15 is 0 Å². The average Bonchev–Trinajstić information content (AvgIpc) is 2.70. The third kappa shape index (κ3) is 2.74. The third-order valence-corrected chi connectivity index (χ3v) is 6.20. The summed E-state index contributed by atoms with van der Waals surface area (Å²) in [7, 11) is 1.12. The molecule has 3 atom stereocenters. The molecule has 0 saturated heterocycles. The second kappa shape index (κ2) is 6.79. The van der Waals surface area contributed by atoms with Crippen LogP contribution in [0.15, 0.2) is 18.2 Å². The van der Waals surface area contributed by atoms with Gasteiger partial charge in [0.25, 0.3) is 0 Å². The number of methoxy groups -OCH3 is 1. The van der Waals surface area contributed by atoms with Gasteiger partial charge >= 0.3 is 5.97 Å². The van der Waals surface area contributed by atoms with Crippen molar-refractivity contribution in [2.24, 2.45) is 0 Å². The lowest BCUT2D eigenvalue weighted by molar-refractivity contribution is -0.153. The SMILES string of the molecule is CC[C@@]1(O)C[C@H](O)c2c(cc3c(c2O)C(=O)c2c(O)cc(O)cc2C3=O)[C@H]1C(=O)OC. The lowest BCUT2D eigenvalue weighted by atomic mass is 9.67. The minimum absolute atomic E-state index is 0.0276. The highest BCUT2D eigenvalue weighted by atomic mass is 16.5. The second-order valence-corrected chi connectivity index (χ2v) is 7.83. The summed E-state index contributed by atoms with van der Waals surface area (Å²) in [6.07, 6.45) is -1.66. The number of carbonyl (C=O) groups excluding carboxylic acids is 3. The number of hydrogen-bond donors (Lipinski definition) is 5. The smallest absolute Gasteiger partial charge is 0.316 e. The molecule has 0 saturated carbocycles. The fourth-order valence-corrected chi connectivity index (χ4v) is 4.66. The van der Waals surface area contributed by atoms with E-state index < -0.39 is 58.0 Å². The summed E-state index contributed by atoms with van der Waals surface area (Å²) < 4.78 is 4.82. The number of ketones is 2. The average molecular weight is 428 g/mol. The van der Waals surface area contributed by atoms with Gasteiger partial charge in [-0.15, -0.1) is 0 Å². The van der Waals surface area contributed by atoms with Gasteiger partial charge in [-0.3, -0.25) is 14.4 Å². The third-order valence-electron chi connectivity index (χ3n) is 6.20. The largest absolute Gasteiger partial charge is 0.508 e. The number of aliphatic hydroxyl groups excluding tert-OH is 1. The van der Waals surface area contributed by atoms with Crippen LogP contribution in [0.4, 0.5) is 0 Å². The number of rotatable bonds is 2. The number of phenolic OH excluding ortho intramolecular Hbond substituents is 3. The topological polar surface area (TPSA) is 162 Å². The normalized spacial score (nSPS) is 24.3. The van der Waals surface area contributed by atoms with E-state index in [1.165, 1.54) is 6.07 Å². The molecule has 0 heterocycles. The highest BCUT2D eigenvalue weighted by Crippen LogP contribution is 2.52. The Balaban J connectivity index is 2.05. The van der Waals surface area contributed by atoms with Crippen molar-refractivity contribution in [3.63, 3.8) is 0 Å². The fraction of sp³-hybridized carbons (Fsp3) is 0.318. The first kappa shape index (κ1) is 20.8. The Morgan fingerprint density at radius 3 is 2.35 bits per heavy atom. The summed E-state index contributed by atoms with van der Waals surface area (Å²) in [5.74, 6) is -5.58. The molecule has 0 aliphatic heterocycles. The zero-order valence-electron chi connectivity index (χ0n) is 16.7. The van der Waals surface area contributed by atoms with Crippen LogP contribution in [0.25, 0.3) is 0 Å². The van der Waals surface area contributed by atoms with Crippen LogP contribution in [0.1, 0.15) is 74.8 Å². The Labute approximate surface area is 176 Å². The van der Waals surface area contributed by atoms with E-state index in [9.17, 15) is 39.9 Å². The van der Waals surface area contributed by atoms with Crippen molar-refractivity contribution in [1.82, 2.24) is 0 Å². The van der Waals surface area contributed by atoms with Crippen LogP contribution >= 0.6 is 0 Å². The summed E-state index contributed by atoms with van der Waals surface area (Å²) in [4.78, 5) is 38.8. The molecule has 0 spiro atoms. The quantitative estimate of drug-likeness (QED) is 0.380. The van der Waals surface area contributed by atoms with Gasteiger partial charge in [-0.25, -0.2) is 0 Å². The van der Waals surface area contributed by atoms with Crippen molar-refractivity contribution in [3.8, 4) is 17.2 Å². The number of benzene rings is 2. The van der Waals surface area contributed by atoms with E-state index in [1.807, 2.05) is 0 Å². The molecule has 31 heavy (non-hydrogen) atoms. The molecule has 0 fully saturated rings. The molecular formula is C22H20O9. The Hall–Kier alpha value is -3.43. The molecule has 2 aliphatic rings. The van der Waals surface area contributed by atoms with Gasteiger partial charge in [0.2, 0.25) is 5.78 Å². The Morgan fingerprint density at radius 2 is 1.74 bits per heavy atom. The van der Waals surface area contributed by atoms with Crippen molar-refractivity contribution in [2.45, 2.75) is 37.4 Å². The van der Waals surface area contributed by atoms with Gasteiger partial charge in [0.1, 0.15) is 23.2 Å². The number of ether oxygens (including phenoxy) is 1. The van der Waals surface area contributed by atoms with Crippen LogP contribution in [0, 0.1) is 0 Å². The van der Waals surface area contributed by atoms with Crippen LogP contribution in [-0.2, 0) is 9.53 Å². The molecule has 0 amide bonds. The number of fused-ring (bicyclic) bond motifs is 3. The van der Waals surface area contributed by atoms with Gasteiger partial charge in [0, 0.05) is 29.2 Å². The summed E-state index contributed by atoms with van der Waals surface area (Å²) in [6, 6.07) is 3.09. The van der Waals surface area contributed by atoms with E-state index in [-0.39, 0.29) is 40.7 Å². The Kier molecular flexibility index (Phi) is 4.56. The molecule has 0 unspecified atom stereocenters. The molecule has 0 radical (unpaired) electrons. The van der Waals surface area contributed by atoms with Gasteiger partial charge in [0.05, 0.1) is 29.9 Å². The Morgan fingerprint density at radius 1 is 1.10 bits per heavy atom. The number of esters is 1. The van der Waals surface area contributed by atoms with Crippen molar-refractivity contribution in [3.05, 3.63) is 51.6 Å². The van der Waals surface area contributed by atoms with Crippen LogP contribution in [0.5, 0.6) is 17.2 Å². The molecule has 5 N–H and O–H groups in total. The molecule has 0 aromatic heterocycles. The lowest BCUT2D eigenvalue weighted by Crippen LogP contribution is -2.46. The number of hydrogen-bond acceptors (Lipinski definition) is 9. The molecule has 162 valence electrons. The predicted molar refractivity (Wildman–Crippen MR) is 104 cm³/mol. The summed E-state index contributed by atoms with van der Waals surface area (Å²) in [5, 5.41) is 52.5. The van der Waals surface area contributed by atoms with Crippen molar-refractivity contribution in [2.75, 3.05) is 7.11 Å². The van der Waals surface area contributed by atoms with Crippen molar-refractivity contribution >= 4 is 17.5 Å². The predicted octanol–water partition coefficient (Wildman–Crippen LogP) is 1.41. The highest BCUT2D eigenvalue weighted by Gasteiger charge is 2.51. The standard InChI is InChI=1S/C22H20O9/c1-3-22(30)7-13(25)14-9(17(22)21(29)31-2)6-11-16(19(14)27)20(28)15-10(18(11)26)4-8(23)5-12(15)24/h4-6,13,17,23-25,27,30H,3,7H2,1-2H3/t13-,17-,22+/m0/s1. The summed E-state index contributed by atoms with van der Waals surface area (Å²) >= 11 is 0. The minimum Gasteiger partial charge on any atom is -0.508 e. The summed E-state index contributed by atoms with van der Waals surface area (Å²) in [5.41, 5.74) is -3.26. The molecule has 2 aromatic rings. The molecule has 4 rings (SSSR count). The second-order valence-electron chi connectivity index (χ2n) is 7.83. The fourth-order valence-electron chi connectivity index (χ4n) is 4.66. The number of aromatic hydroxyl groups is 3.